The average molecular weight is 311 g/mol. The average Bonchev–Trinajstić information content (AvgIpc) is 2.91. The van der Waals surface area contributed by atoms with Gasteiger partial charge in [0, 0.05) is 11.6 Å². The van der Waals surface area contributed by atoms with Gasteiger partial charge in [0.05, 0.1) is 6.21 Å². The predicted octanol–water partition coefficient (Wildman–Crippen LogP) is 0.993. The maximum absolute atomic E-state index is 11.8. The lowest BCUT2D eigenvalue weighted by atomic mass is 10.2. The van der Waals surface area contributed by atoms with Crippen LogP contribution in [0.25, 0.3) is 11.0 Å². The fourth-order valence-corrected chi connectivity index (χ4v) is 1.95. The van der Waals surface area contributed by atoms with Crippen molar-refractivity contribution < 1.29 is 15.0 Å². The quantitative estimate of drug-likeness (QED) is 0.491. The largest absolute Gasteiger partial charge is 0.508 e. The third-order valence-corrected chi connectivity index (χ3v) is 3.02. The van der Waals surface area contributed by atoms with Crippen LogP contribution >= 0.6 is 0 Å². The van der Waals surface area contributed by atoms with Gasteiger partial charge in [0.15, 0.2) is 0 Å². The summed E-state index contributed by atoms with van der Waals surface area (Å²) in [5, 5.41) is 30.9. The van der Waals surface area contributed by atoms with Crippen LogP contribution in [0, 0.1) is 0 Å². The maximum atomic E-state index is 11.8. The predicted molar refractivity (Wildman–Crippen MR) is 83.0 cm³/mol. The molecule has 23 heavy (non-hydrogen) atoms. The number of phenols is 2. The summed E-state index contributed by atoms with van der Waals surface area (Å²) in [6, 6.07) is 11.4. The van der Waals surface area contributed by atoms with Crippen molar-refractivity contribution in [1.29, 1.82) is 0 Å². The Kier molecular flexibility index (Phi) is 3.88. The number of nitrogens with one attached hydrogen (secondary N) is 1. The lowest BCUT2D eigenvalue weighted by Gasteiger charge is -2.00. The van der Waals surface area contributed by atoms with Crippen molar-refractivity contribution in [3.05, 3.63) is 48.0 Å². The molecule has 0 fully saturated rings. The molecule has 0 atom stereocenters. The van der Waals surface area contributed by atoms with Crippen molar-refractivity contribution in [2.45, 2.75) is 6.54 Å². The van der Waals surface area contributed by atoms with Crippen molar-refractivity contribution in [3.8, 4) is 11.5 Å². The number of hydrogen-bond donors (Lipinski definition) is 3. The molecule has 0 aliphatic carbocycles. The third-order valence-electron chi connectivity index (χ3n) is 3.02. The molecule has 0 radical (unpaired) electrons. The van der Waals surface area contributed by atoms with Gasteiger partial charge in [0.2, 0.25) is 0 Å². The molecule has 0 aliphatic heterocycles. The summed E-state index contributed by atoms with van der Waals surface area (Å²) >= 11 is 0. The molecular weight excluding hydrogens is 298 g/mol. The molecule has 8 heteroatoms. The maximum Gasteiger partial charge on any atom is 0.263 e. The van der Waals surface area contributed by atoms with E-state index in [1.54, 1.807) is 0 Å². The molecule has 1 aromatic heterocycles. The minimum absolute atomic E-state index is 0.0551. The standard InChI is InChI=1S/C15H13N5O3/c21-11-6-5-10(14(22)7-11)8-16-17-15(23)9-20-18-12-3-1-2-4-13(12)19-20/h1-8,21-22H,9H2,(H,17,23)/b16-8+. The summed E-state index contributed by atoms with van der Waals surface area (Å²) in [7, 11) is 0. The molecule has 3 aromatic rings. The first-order valence-electron chi connectivity index (χ1n) is 6.75. The molecule has 0 saturated carbocycles. The van der Waals surface area contributed by atoms with Gasteiger partial charge in [-0.3, -0.25) is 4.79 Å². The summed E-state index contributed by atoms with van der Waals surface area (Å²) in [5.41, 5.74) is 4.10. The van der Waals surface area contributed by atoms with Crippen LogP contribution in [-0.2, 0) is 11.3 Å². The lowest BCUT2D eigenvalue weighted by Crippen LogP contribution is -2.24. The zero-order valence-corrected chi connectivity index (χ0v) is 11.9. The van der Waals surface area contributed by atoms with E-state index in [2.05, 4.69) is 20.7 Å². The van der Waals surface area contributed by atoms with Gasteiger partial charge < -0.3 is 10.2 Å². The fourth-order valence-electron chi connectivity index (χ4n) is 1.95. The number of fused-ring (bicyclic) bond motifs is 1. The summed E-state index contributed by atoms with van der Waals surface area (Å²) in [4.78, 5) is 13.1. The third kappa shape index (κ3) is 3.43. The van der Waals surface area contributed by atoms with Gasteiger partial charge in [-0.1, -0.05) is 12.1 Å². The van der Waals surface area contributed by atoms with E-state index < -0.39 is 5.91 Å². The van der Waals surface area contributed by atoms with Gasteiger partial charge in [-0.2, -0.15) is 20.1 Å². The molecule has 0 saturated heterocycles. The molecule has 3 rings (SSSR count). The minimum Gasteiger partial charge on any atom is -0.508 e. The van der Waals surface area contributed by atoms with Gasteiger partial charge in [-0.15, -0.1) is 0 Å². The molecule has 0 bridgehead atoms. The smallest absolute Gasteiger partial charge is 0.263 e. The highest BCUT2D eigenvalue weighted by atomic mass is 16.3. The number of aromatic hydroxyl groups is 2. The second kappa shape index (κ2) is 6.14. The Bertz CT molecular complexity index is 855. The number of carbonyl (C=O) groups is 1. The molecule has 0 unspecified atom stereocenters. The molecule has 1 amide bonds. The highest BCUT2D eigenvalue weighted by Crippen LogP contribution is 2.20. The summed E-state index contributed by atoms with van der Waals surface area (Å²) in [6.45, 7) is -0.0758. The van der Waals surface area contributed by atoms with E-state index >= 15 is 0 Å². The van der Waals surface area contributed by atoms with Gasteiger partial charge >= 0.3 is 0 Å². The van der Waals surface area contributed by atoms with E-state index in [-0.39, 0.29) is 18.0 Å². The second-order valence-electron chi connectivity index (χ2n) is 4.76. The minimum atomic E-state index is -0.403. The molecule has 0 spiro atoms. The molecular formula is C15H13N5O3. The highest BCUT2D eigenvalue weighted by Gasteiger charge is 2.06. The Morgan fingerprint density at radius 3 is 2.52 bits per heavy atom. The number of aromatic nitrogens is 3. The Hall–Kier alpha value is -3.42. The van der Waals surface area contributed by atoms with Crippen LogP contribution in [0.15, 0.2) is 47.6 Å². The number of phenolic OH excluding ortho intramolecular Hbond substituents is 2. The van der Waals surface area contributed by atoms with E-state index in [1.165, 1.54) is 29.2 Å². The van der Waals surface area contributed by atoms with Crippen LogP contribution in [0.4, 0.5) is 0 Å². The van der Waals surface area contributed by atoms with Gasteiger partial charge in [-0.25, -0.2) is 5.43 Å². The first-order valence-corrected chi connectivity index (χ1v) is 6.75. The van der Waals surface area contributed by atoms with Crippen LogP contribution in [0.2, 0.25) is 0 Å². The normalized spacial score (nSPS) is 11.1. The van der Waals surface area contributed by atoms with Gasteiger partial charge in [0.25, 0.3) is 5.91 Å². The first-order chi connectivity index (χ1) is 11.1. The Morgan fingerprint density at radius 1 is 1.17 bits per heavy atom. The molecule has 116 valence electrons. The molecule has 0 aliphatic rings. The monoisotopic (exact) mass is 311 g/mol. The Morgan fingerprint density at radius 2 is 1.87 bits per heavy atom. The van der Waals surface area contributed by atoms with E-state index in [0.29, 0.717) is 16.6 Å². The molecule has 3 N–H and O–H groups in total. The van der Waals surface area contributed by atoms with E-state index in [1.807, 2.05) is 24.3 Å². The van der Waals surface area contributed by atoms with Crippen molar-refractivity contribution in [2.24, 2.45) is 5.10 Å². The van der Waals surface area contributed by atoms with Crippen molar-refractivity contribution in [3.63, 3.8) is 0 Å². The summed E-state index contributed by atoms with van der Waals surface area (Å²) < 4.78 is 0. The fraction of sp³-hybridized carbons (Fsp3) is 0.0667. The van der Waals surface area contributed by atoms with Crippen LogP contribution in [0.1, 0.15) is 5.56 Å². The second-order valence-corrected chi connectivity index (χ2v) is 4.76. The van der Waals surface area contributed by atoms with Gasteiger partial charge in [0.1, 0.15) is 29.1 Å². The number of carbonyl (C=O) groups excluding carboxylic acids is 1. The zero-order chi connectivity index (χ0) is 16.2. The number of hydrogen-bond acceptors (Lipinski definition) is 6. The molecule has 8 nitrogen and oxygen atoms in total. The number of nitrogens with zero attached hydrogens (tertiary/aromatic N) is 4. The Labute approximate surface area is 130 Å². The molecule has 2 aromatic carbocycles. The van der Waals surface area contributed by atoms with Crippen molar-refractivity contribution in [2.75, 3.05) is 0 Å². The van der Waals surface area contributed by atoms with Crippen molar-refractivity contribution >= 4 is 23.2 Å². The number of hydrazone groups is 1. The van der Waals surface area contributed by atoms with Crippen molar-refractivity contribution in [1.82, 2.24) is 20.4 Å². The lowest BCUT2D eigenvalue weighted by molar-refractivity contribution is -0.122. The van der Waals surface area contributed by atoms with Crippen LogP contribution < -0.4 is 5.43 Å². The van der Waals surface area contributed by atoms with Gasteiger partial charge in [-0.05, 0) is 24.3 Å². The zero-order valence-electron chi connectivity index (χ0n) is 11.9. The number of rotatable bonds is 4. The number of amides is 1. The molecule has 1 heterocycles. The SMILES string of the molecule is O=C(Cn1nc2ccccc2n1)N/N=C/c1ccc(O)cc1O. The topological polar surface area (TPSA) is 113 Å². The van der Waals surface area contributed by atoms with Crippen LogP contribution in [0.5, 0.6) is 11.5 Å². The van der Waals surface area contributed by atoms with E-state index in [4.69, 9.17) is 0 Å². The summed E-state index contributed by atoms with van der Waals surface area (Å²) in [6.07, 6.45) is 1.28. The Balaban J connectivity index is 1.61. The highest BCUT2D eigenvalue weighted by molar-refractivity contribution is 5.85. The summed E-state index contributed by atoms with van der Waals surface area (Å²) in [5.74, 6) is -0.594. The van der Waals surface area contributed by atoms with Crippen LogP contribution in [0.3, 0.4) is 0 Å². The number of benzene rings is 2. The van der Waals surface area contributed by atoms with E-state index in [0.717, 1.165) is 0 Å². The first kappa shape index (κ1) is 14.5. The van der Waals surface area contributed by atoms with Crippen LogP contribution in [-0.4, -0.2) is 37.3 Å². The van der Waals surface area contributed by atoms with E-state index in [9.17, 15) is 15.0 Å².